The molecule has 3 aromatic carbocycles. The van der Waals surface area contributed by atoms with Gasteiger partial charge in [0, 0.05) is 40.7 Å². The molecule has 0 aliphatic rings. The van der Waals surface area contributed by atoms with Gasteiger partial charge in [-0.25, -0.2) is 4.39 Å². The molecule has 5 nitrogen and oxygen atoms in total. The van der Waals surface area contributed by atoms with Crippen molar-refractivity contribution < 1.29 is 14.0 Å². The fraction of sp³-hybridized carbons (Fsp3) is 0.107. The quantitative estimate of drug-likeness (QED) is 0.308. The van der Waals surface area contributed by atoms with Crippen molar-refractivity contribution in [1.82, 2.24) is 10.3 Å². The molecule has 1 heterocycles. The first-order chi connectivity index (χ1) is 17.1. The molecule has 4 aromatic rings. The maximum absolute atomic E-state index is 13.2. The minimum atomic E-state index is -0.844. The van der Waals surface area contributed by atoms with Crippen LogP contribution in [0.1, 0.15) is 21.5 Å². The van der Waals surface area contributed by atoms with E-state index in [-0.39, 0.29) is 17.9 Å². The molecule has 176 valence electrons. The summed E-state index contributed by atoms with van der Waals surface area (Å²) in [5, 5.41) is 5.65. The van der Waals surface area contributed by atoms with E-state index in [2.05, 4.69) is 27.8 Å². The largest absolute Gasteiger partial charge is 0.340 e. The second-order valence-corrected chi connectivity index (χ2v) is 8.93. The Morgan fingerprint density at radius 3 is 2.26 bits per heavy atom. The highest BCUT2D eigenvalue weighted by Gasteiger charge is 2.22. The van der Waals surface area contributed by atoms with E-state index in [0.29, 0.717) is 5.69 Å². The molecule has 0 aliphatic heterocycles. The molecule has 0 spiro atoms. The van der Waals surface area contributed by atoms with Gasteiger partial charge < -0.3 is 10.6 Å². The average molecular weight is 486 g/mol. The molecule has 2 amide bonds. The van der Waals surface area contributed by atoms with Crippen molar-refractivity contribution in [2.24, 2.45) is 0 Å². The number of nitrogens with zero attached hydrogens (tertiary/aromatic N) is 1. The van der Waals surface area contributed by atoms with Gasteiger partial charge >= 0.3 is 0 Å². The summed E-state index contributed by atoms with van der Waals surface area (Å²) >= 11 is 1.71. The Kier molecular flexibility index (Phi) is 8.25. The molecule has 35 heavy (non-hydrogen) atoms. The molecule has 7 heteroatoms. The maximum atomic E-state index is 13.2. The summed E-state index contributed by atoms with van der Waals surface area (Å²) in [5.41, 5.74) is 2.95. The zero-order valence-electron chi connectivity index (χ0n) is 18.9. The number of hydrogen-bond donors (Lipinski definition) is 2. The number of carbonyl (C=O) groups excluding carboxylic acids is 2. The molecular formula is C28H24FN3O2S. The van der Waals surface area contributed by atoms with Crippen molar-refractivity contribution in [2.45, 2.75) is 23.1 Å². The lowest BCUT2D eigenvalue weighted by Gasteiger charge is -2.19. The van der Waals surface area contributed by atoms with E-state index in [1.807, 2.05) is 48.5 Å². The Balaban J connectivity index is 1.42. The zero-order valence-corrected chi connectivity index (χ0v) is 19.7. The molecule has 4 rings (SSSR count). The van der Waals surface area contributed by atoms with Crippen LogP contribution >= 0.6 is 11.8 Å². The summed E-state index contributed by atoms with van der Waals surface area (Å²) in [7, 11) is 0. The molecule has 2 N–H and O–H groups in total. The van der Waals surface area contributed by atoms with Gasteiger partial charge in [-0.2, -0.15) is 0 Å². The number of nitrogens with one attached hydrogen (secondary N) is 2. The zero-order chi connectivity index (χ0) is 24.5. The monoisotopic (exact) mass is 485 g/mol. The van der Waals surface area contributed by atoms with Crippen LogP contribution in [-0.2, 0) is 17.0 Å². The summed E-state index contributed by atoms with van der Waals surface area (Å²) in [6.45, 7) is 0. The number of pyridine rings is 1. The lowest BCUT2D eigenvalue weighted by atomic mass is 10.1. The third kappa shape index (κ3) is 7.25. The fourth-order valence-corrected chi connectivity index (χ4v) is 4.27. The van der Waals surface area contributed by atoms with E-state index >= 15 is 0 Å². The van der Waals surface area contributed by atoms with Crippen LogP contribution in [0, 0.1) is 5.82 Å². The van der Waals surface area contributed by atoms with Crippen LogP contribution < -0.4 is 10.6 Å². The first-order valence-corrected chi connectivity index (χ1v) is 12.1. The molecule has 0 bridgehead atoms. The van der Waals surface area contributed by atoms with Crippen LogP contribution in [-0.4, -0.2) is 22.8 Å². The van der Waals surface area contributed by atoms with Crippen molar-refractivity contribution in [1.29, 1.82) is 0 Å². The second kappa shape index (κ2) is 11.9. The van der Waals surface area contributed by atoms with E-state index in [9.17, 15) is 14.0 Å². The third-order valence-electron chi connectivity index (χ3n) is 5.26. The van der Waals surface area contributed by atoms with Gasteiger partial charge in [-0.1, -0.05) is 36.4 Å². The number of amides is 2. The number of halogens is 1. The van der Waals surface area contributed by atoms with Crippen LogP contribution in [0.3, 0.4) is 0 Å². The SMILES string of the molecule is O=C(NC(Cc1cccnc1)C(=O)Nc1ccc(SCc2ccccc2)cc1)c1ccc(F)cc1. The number of anilines is 1. The number of thioether (sulfide) groups is 1. The van der Waals surface area contributed by atoms with Crippen molar-refractivity contribution >= 4 is 29.3 Å². The van der Waals surface area contributed by atoms with Gasteiger partial charge in [-0.05, 0) is 65.7 Å². The topological polar surface area (TPSA) is 71.1 Å². The van der Waals surface area contributed by atoms with E-state index in [1.54, 1.807) is 30.2 Å². The number of carbonyl (C=O) groups is 2. The minimum Gasteiger partial charge on any atom is -0.340 e. The van der Waals surface area contributed by atoms with Gasteiger partial charge in [0.25, 0.3) is 5.91 Å². The number of aromatic nitrogens is 1. The van der Waals surface area contributed by atoms with Crippen LogP contribution in [0.15, 0.2) is 108 Å². The predicted molar refractivity (Wildman–Crippen MR) is 137 cm³/mol. The standard InChI is InChI=1S/C28H24FN3O2S/c29-23-10-8-22(9-11-23)27(33)32-26(17-21-7-4-16-30-18-21)28(34)31-24-12-14-25(15-13-24)35-19-20-5-2-1-3-6-20/h1-16,18,26H,17,19H2,(H,31,34)(H,32,33). The molecule has 0 aliphatic carbocycles. The summed E-state index contributed by atoms with van der Waals surface area (Å²) in [5.74, 6) is -0.387. The lowest BCUT2D eigenvalue weighted by Crippen LogP contribution is -2.45. The van der Waals surface area contributed by atoms with Crippen LogP contribution in [0.25, 0.3) is 0 Å². The molecule has 1 atom stereocenters. The van der Waals surface area contributed by atoms with Crippen molar-refractivity contribution in [2.75, 3.05) is 5.32 Å². The van der Waals surface area contributed by atoms with Crippen LogP contribution in [0.2, 0.25) is 0 Å². The third-order valence-corrected chi connectivity index (χ3v) is 6.34. The van der Waals surface area contributed by atoms with E-state index in [1.165, 1.54) is 29.8 Å². The highest BCUT2D eigenvalue weighted by molar-refractivity contribution is 7.98. The Bertz CT molecular complexity index is 1250. The Morgan fingerprint density at radius 1 is 0.857 bits per heavy atom. The van der Waals surface area contributed by atoms with Crippen molar-refractivity contribution in [3.05, 3.63) is 126 Å². The summed E-state index contributed by atoms with van der Waals surface area (Å²) in [6.07, 6.45) is 3.56. The Labute approximate surface area is 207 Å². The fourth-order valence-electron chi connectivity index (χ4n) is 3.41. The summed E-state index contributed by atoms with van der Waals surface area (Å²) < 4.78 is 13.2. The van der Waals surface area contributed by atoms with Crippen LogP contribution in [0.4, 0.5) is 10.1 Å². The van der Waals surface area contributed by atoms with E-state index < -0.39 is 17.8 Å². The first-order valence-electron chi connectivity index (χ1n) is 11.1. The van der Waals surface area contributed by atoms with Gasteiger partial charge in [0.1, 0.15) is 11.9 Å². The first kappa shape index (κ1) is 24.2. The van der Waals surface area contributed by atoms with Crippen LogP contribution in [0.5, 0.6) is 0 Å². The molecular weight excluding hydrogens is 461 g/mol. The maximum Gasteiger partial charge on any atom is 0.251 e. The van der Waals surface area contributed by atoms with E-state index in [4.69, 9.17) is 0 Å². The second-order valence-electron chi connectivity index (χ2n) is 7.89. The van der Waals surface area contributed by atoms with Crippen molar-refractivity contribution in [3.63, 3.8) is 0 Å². The Hall–Kier alpha value is -3.97. The van der Waals surface area contributed by atoms with Gasteiger partial charge in [0.2, 0.25) is 5.91 Å². The molecule has 1 aromatic heterocycles. The van der Waals surface area contributed by atoms with Gasteiger partial charge in [0.05, 0.1) is 0 Å². The molecule has 1 unspecified atom stereocenters. The van der Waals surface area contributed by atoms with Gasteiger partial charge in [-0.3, -0.25) is 14.6 Å². The average Bonchev–Trinajstić information content (AvgIpc) is 2.89. The van der Waals surface area contributed by atoms with Gasteiger partial charge in [0.15, 0.2) is 0 Å². The van der Waals surface area contributed by atoms with Crippen molar-refractivity contribution in [3.8, 4) is 0 Å². The number of hydrogen-bond acceptors (Lipinski definition) is 4. The molecule has 0 saturated carbocycles. The summed E-state index contributed by atoms with van der Waals surface area (Å²) in [4.78, 5) is 31.0. The highest BCUT2D eigenvalue weighted by atomic mass is 32.2. The highest BCUT2D eigenvalue weighted by Crippen LogP contribution is 2.24. The Morgan fingerprint density at radius 2 is 1.57 bits per heavy atom. The minimum absolute atomic E-state index is 0.262. The smallest absolute Gasteiger partial charge is 0.251 e. The normalized spacial score (nSPS) is 11.5. The van der Waals surface area contributed by atoms with E-state index in [0.717, 1.165) is 16.2 Å². The molecule has 0 radical (unpaired) electrons. The summed E-state index contributed by atoms with van der Waals surface area (Å²) in [6, 6.07) is 25.8. The lowest BCUT2D eigenvalue weighted by molar-refractivity contribution is -0.118. The molecule has 0 fully saturated rings. The number of rotatable bonds is 9. The number of benzene rings is 3. The van der Waals surface area contributed by atoms with Gasteiger partial charge in [-0.15, -0.1) is 11.8 Å². The molecule has 0 saturated heterocycles. The predicted octanol–water partition coefficient (Wildman–Crippen LogP) is 5.49.